The minimum Gasteiger partial charge on any atom is -0.477 e. The number of hydrogen-bond acceptors (Lipinski definition) is 5. The molecule has 2 aliphatic rings. The summed E-state index contributed by atoms with van der Waals surface area (Å²) in [5.74, 6) is 3.03. The smallest absolute Gasteiger partial charge is 0.213 e. The summed E-state index contributed by atoms with van der Waals surface area (Å²) in [7, 11) is 0. The van der Waals surface area contributed by atoms with Gasteiger partial charge in [-0.2, -0.15) is 5.10 Å². The highest BCUT2D eigenvalue weighted by molar-refractivity contribution is 5.69. The Balaban J connectivity index is 1.23. The van der Waals surface area contributed by atoms with Crippen LogP contribution in [-0.4, -0.2) is 39.3 Å². The van der Waals surface area contributed by atoms with Crippen LogP contribution in [-0.2, 0) is 0 Å². The van der Waals surface area contributed by atoms with Crippen LogP contribution in [0.4, 0.5) is 5.82 Å². The van der Waals surface area contributed by atoms with Gasteiger partial charge in [-0.05, 0) is 50.7 Å². The fraction of sp³-hybridized carbons (Fsp3) is 0.476. The molecule has 3 aromatic heterocycles. The molecule has 0 unspecified atom stereocenters. The number of rotatable bonds is 5. The predicted molar refractivity (Wildman–Crippen MR) is 104 cm³/mol. The van der Waals surface area contributed by atoms with Crippen LogP contribution in [0.2, 0.25) is 0 Å². The Hall–Kier alpha value is -2.63. The lowest BCUT2D eigenvalue weighted by molar-refractivity contribution is 0.215. The van der Waals surface area contributed by atoms with Crippen molar-refractivity contribution in [1.82, 2.24) is 19.6 Å². The largest absolute Gasteiger partial charge is 0.477 e. The number of piperidine rings is 1. The van der Waals surface area contributed by atoms with Gasteiger partial charge in [-0.15, -0.1) is 0 Å². The molecule has 140 valence electrons. The highest BCUT2D eigenvalue weighted by atomic mass is 16.5. The Labute approximate surface area is 159 Å². The highest BCUT2D eigenvalue weighted by Gasteiger charge is 2.28. The first-order valence-electron chi connectivity index (χ1n) is 9.92. The van der Waals surface area contributed by atoms with Crippen molar-refractivity contribution in [3.05, 3.63) is 48.0 Å². The van der Waals surface area contributed by atoms with E-state index in [4.69, 9.17) is 9.84 Å². The van der Waals surface area contributed by atoms with Crippen molar-refractivity contribution < 1.29 is 4.74 Å². The fourth-order valence-electron chi connectivity index (χ4n) is 3.86. The number of pyridine rings is 1. The van der Waals surface area contributed by atoms with Gasteiger partial charge in [0.1, 0.15) is 5.52 Å². The van der Waals surface area contributed by atoms with E-state index in [2.05, 4.69) is 20.9 Å². The molecule has 3 aromatic rings. The molecule has 27 heavy (non-hydrogen) atoms. The van der Waals surface area contributed by atoms with Crippen LogP contribution >= 0.6 is 0 Å². The summed E-state index contributed by atoms with van der Waals surface area (Å²) < 4.78 is 7.91. The second-order valence-electron chi connectivity index (χ2n) is 7.78. The summed E-state index contributed by atoms with van der Waals surface area (Å²) in [6, 6.07) is 8.15. The Morgan fingerprint density at radius 2 is 2.00 bits per heavy atom. The van der Waals surface area contributed by atoms with Gasteiger partial charge >= 0.3 is 0 Å². The van der Waals surface area contributed by atoms with E-state index < -0.39 is 0 Å². The first-order chi connectivity index (χ1) is 13.3. The minimum absolute atomic E-state index is 0.565. The van der Waals surface area contributed by atoms with Crippen molar-refractivity contribution >= 4 is 11.3 Å². The van der Waals surface area contributed by atoms with Crippen molar-refractivity contribution in [2.75, 3.05) is 24.6 Å². The van der Waals surface area contributed by atoms with E-state index in [0.29, 0.717) is 11.8 Å². The van der Waals surface area contributed by atoms with Crippen molar-refractivity contribution in [1.29, 1.82) is 0 Å². The van der Waals surface area contributed by atoms with Gasteiger partial charge in [0.15, 0.2) is 5.82 Å². The maximum atomic E-state index is 5.91. The van der Waals surface area contributed by atoms with Gasteiger partial charge in [-0.3, -0.25) is 0 Å². The summed E-state index contributed by atoms with van der Waals surface area (Å²) >= 11 is 0. The Kier molecular flexibility index (Phi) is 4.19. The molecule has 0 N–H and O–H groups in total. The van der Waals surface area contributed by atoms with E-state index in [9.17, 15) is 0 Å². The van der Waals surface area contributed by atoms with E-state index in [1.165, 1.54) is 18.5 Å². The molecule has 1 aliphatic carbocycles. The average molecular weight is 363 g/mol. The molecule has 1 saturated carbocycles. The second-order valence-corrected chi connectivity index (χ2v) is 7.78. The molecule has 0 spiro atoms. The zero-order valence-electron chi connectivity index (χ0n) is 15.7. The third kappa shape index (κ3) is 3.48. The average Bonchev–Trinajstić information content (AvgIpc) is 3.45. The van der Waals surface area contributed by atoms with Gasteiger partial charge in [0.2, 0.25) is 5.88 Å². The monoisotopic (exact) mass is 363 g/mol. The molecule has 0 radical (unpaired) electrons. The second kappa shape index (κ2) is 6.83. The lowest BCUT2D eigenvalue weighted by Crippen LogP contribution is -2.36. The van der Waals surface area contributed by atoms with Crippen LogP contribution < -0.4 is 9.64 Å². The van der Waals surface area contributed by atoms with Gasteiger partial charge in [0.05, 0.1) is 12.3 Å². The maximum absolute atomic E-state index is 5.91. The molecule has 1 saturated heterocycles. The third-order valence-electron chi connectivity index (χ3n) is 5.63. The molecule has 0 atom stereocenters. The van der Waals surface area contributed by atoms with Gasteiger partial charge in [0.25, 0.3) is 0 Å². The number of nitrogens with zero attached hydrogens (tertiary/aromatic N) is 5. The molecule has 0 bridgehead atoms. The van der Waals surface area contributed by atoms with Crippen LogP contribution in [0.3, 0.4) is 0 Å². The van der Waals surface area contributed by atoms with Crippen molar-refractivity contribution in [3.8, 4) is 5.88 Å². The lowest BCUT2D eigenvalue weighted by atomic mass is 9.98. The van der Waals surface area contributed by atoms with Crippen molar-refractivity contribution in [3.63, 3.8) is 0 Å². The van der Waals surface area contributed by atoms with E-state index in [1.54, 1.807) is 0 Å². The highest BCUT2D eigenvalue weighted by Crippen LogP contribution is 2.40. The zero-order chi connectivity index (χ0) is 18.2. The molecule has 6 heteroatoms. The number of aryl methyl sites for hydroxylation is 1. The number of hydrogen-bond donors (Lipinski definition) is 0. The van der Waals surface area contributed by atoms with Crippen LogP contribution in [0.1, 0.15) is 43.0 Å². The van der Waals surface area contributed by atoms with Gasteiger partial charge in [0, 0.05) is 43.2 Å². The molecule has 1 aliphatic heterocycles. The number of aromatic nitrogens is 4. The van der Waals surface area contributed by atoms with Crippen molar-refractivity contribution in [2.45, 2.75) is 38.5 Å². The molecular weight excluding hydrogens is 338 g/mol. The summed E-state index contributed by atoms with van der Waals surface area (Å²) in [5, 5.41) is 4.74. The third-order valence-corrected chi connectivity index (χ3v) is 5.63. The Morgan fingerprint density at radius 1 is 1.15 bits per heavy atom. The fourth-order valence-corrected chi connectivity index (χ4v) is 3.86. The van der Waals surface area contributed by atoms with E-state index in [1.807, 2.05) is 42.0 Å². The molecule has 4 heterocycles. The molecule has 0 aromatic carbocycles. The lowest BCUT2D eigenvalue weighted by Gasteiger charge is -2.32. The van der Waals surface area contributed by atoms with Gasteiger partial charge in [-0.1, -0.05) is 6.07 Å². The number of anilines is 1. The number of fused-ring (bicyclic) bond motifs is 1. The van der Waals surface area contributed by atoms with Crippen LogP contribution in [0.25, 0.3) is 5.52 Å². The van der Waals surface area contributed by atoms with E-state index in [0.717, 1.165) is 55.4 Å². The van der Waals surface area contributed by atoms with Gasteiger partial charge in [-0.25, -0.2) is 14.5 Å². The van der Waals surface area contributed by atoms with Gasteiger partial charge < -0.3 is 9.64 Å². The molecule has 5 rings (SSSR count). The topological polar surface area (TPSA) is 55.5 Å². The quantitative estimate of drug-likeness (QED) is 0.693. The maximum Gasteiger partial charge on any atom is 0.213 e. The van der Waals surface area contributed by atoms with E-state index >= 15 is 0 Å². The van der Waals surface area contributed by atoms with Crippen LogP contribution in [0.5, 0.6) is 5.88 Å². The van der Waals surface area contributed by atoms with Crippen LogP contribution in [0.15, 0.2) is 36.7 Å². The minimum atomic E-state index is 0.565. The molecule has 0 amide bonds. The Morgan fingerprint density at radius 3 is 2.78 bits per heavy atom. The molecular formula is C21H25N5O. The summed E-state index contributed by atoms with van der Waals surface area (Å²) in [6.45, 7) is 4.74. The normalized spacial score (nSPS) is 18.2. The zero-order valence-corrected chi connectivity index (χ0v) is 15.7. The summed E-state index contributed by atoms with van der Waals surface area (Å²) in [5.41, 5.74) is 3.35. The SMILES string of the molecule is Cc1cccc(OCC2CCN(c3nccn4nc(C5CC5)cc34)CC2)n1. The predicted octanol–water partition coefficient (Wildman–Crippen LogP) is 3.61. The molecule has 6 nitrogen and oxygen atoms in total. The van der Waals surface area contributed by atoms with Crippen LogP contribution in [0, 0.1) is 12.8 Å². The molecule has 2 fully saturated rings. The van der Waals surface area contributed by atoms with E-state index in [-0.39, 0.29) is 0 Å². The number of ether oxygens (including phenoxy) is 1. The summed E-state index contributed by atoms with van der Waals surface area (Å²) in [6.07, 6.45) is 8.59. The summed E-state index contributed by atoms with van der Waals surface area (Å²) in [4.78, 5) is 11.5. The van der Waals surface area contributed by atoms with Crippen molar-refractivity contribution in [2.24, 2.45) is 5.92 Å². The standard InChI is InChI=1S/C21H25N5O/c1-15-3-2-4-20(23-15)27-14-16-7-10-25(11-8-16)21-19-13-18(17-5-6-17)24-26(19)12-9-22-21/h2-4,9,12-13,16-17H,5-8,10-11,14H2,1H3. The first-order valence-corrected chi connectivity index (χ1v) is 9.92. The Bertz CT molecular complexity index is 941. The first kappa shape index (κ1) is 16.5.